The Balaban J connectivity index is 1.93. The van der Waals surface area contributed by atoms with E-state index in [0.29, 0.717) is 18.0 Å². The Morgan fingerprint density at radius 2 is 2.00 bits per heavy atom. The molecule has 0 radical (unpaired) electrons. The molecule has 24 heavy (non-hydrogen) atoms. The molecule has 2 heterocycles. The zero-order valence-corrected chi connectivity index (χ0v) is 13.2. The van der Waals surface area contributed by atoms with Crippen molar-refractivity contribution in [2.45, 2.75) is 19.9 Å². The van der Waals surface area contributed by atoms with Gasteiger partial charge in [0.1, 0.15) is 5.82 Å². The first-order valence-electron chi connectivity index (χ1n) is 7.71. The van der Waals surface area contributed by atoms with Gasteiger partial charge in [0.05, 0.1) is 17.5 Å². The van der Waals surface area contributed by atoms with E-state index in [-0.39, 0.29) is 13.2 Å². The lowest BCUT2D eigenvalue weighted by molar-refractivity contribution is -0.137. The number of hydrogen-bond donors (Lipinski definition) is 1. The minimum Gasteiger partial charge on any atom is -0.481 e. The number of rotatable bonds is 4. The Labute approximate surface area is 138 Å². The summed E-state index contributed by atoms with van der Waals surface area (Å²) >= 11 is 0. The number of hydrogen-bond acceptors (Lipinski definition) is 4. The molecule has 0 aliphatic carbocycles. The number of imidazole rings is 1. The predicted molar refractivity (Wildman–Crippen MR) is 88.3 cm³/mol. The van der Waals surface area contributed by atoms with Crippen LogP contribution in [0.25, 0.3) is 22.4 Å². The van der Waals surface area contributed by atoms with Crippen molar-refractivity contribution in [3.8, 4) is 22.9 Å². The van der Waals surface area contributed by atoms with Crippen molar-refractivity contribution in [2.75, 3.05) is 6.79 Å². The highest BCUT2D eigenvalue weighted by atomic mass is 16.7. The van der Waals surface area contributed by atoms with Gasteiger partial charge in [0.25, 0.3) is 0 Å². The molecular formula is C18H16N2O4. The molecule has 3 aromatic rings. The van der Waals surface area contributed by atoms with Gasteiger partial charge in [-0.05, 0) is 12.5 Å². The number of carboxylic acids is 1. The average molecular weight is 324 g/mol. The molecule has 0 saturated carbocycles. The molecule has 6 nitrogen and oxygen atoms in total. The van der Waals surface area contributed by atoms with E-state index in [9.17, 15) is 4.79 Å². The van der Waals surface area contributed by atoms with E-state index in [1.807, 2.05) is 47.9 Å². The van der Waals surface area contributed by atoms with Crippen molar-refractivity contribution in [1.29, 1.82) is 0 Å². The van der Waals surface area contributed by atoms with Gasteiger partial charge in [-0.15, -0.1) is 0 Å². The molecule has 2 aromatic carbocycles. The van der Waals surface area contributed by atoms with Gasteiger partial charge < -0.3 is 19.1 Å². The summed E-state index contributed by atoms with van der Waals surface area (Å²) in [6, 6.07) is 11.6. The topological polar surface area (TPSA) is 73.6 Å². The highest BCUT2D eigenvalue weighted by Crippen LogP contribution is 2.38. The zero-order chi connectivity index (χ0) is 16.7. The summed E-state index contributed by atoms with van der Waals surface area (Å²) in [6.45, 7) is 2.55. The van der Waals surface area contributed by atoms with Crippen LogP contribution in [0.4, 0.5) is 0 Å². The van der Waals surface area contributed by atoms with E-state index < -0.39 is 5.97 Å². The van der Waals surface area contributed by atoms with Gasteiger partial charge in [-0.3, -0.25) is 4.79 Å². The summed E-state index contributed by atoms with van der Waals surface area (Å²) in [5.41, 5.74) is 3.69. The number of fused-ring (bicyclic) bond motifs is 2. The van der Waals surface area contributed by atoms with Crippen LogP contribution in [0.3, 0.4) is 0 Å². The van der Waals surface area contributed by atoms with Gasteiger partial charge in [0.2, 0.25) is 6.79 Å². The standard InChI is InChI=1S/C18H16N2O4/c1-11-4-2-3-5-12(11)18-19-13-8-15-16(24-10-23-15)9-14(13)20(18)7-6-17(21)22/h2-5,8-9H,6-7,10H2,1H3,(H,21,22). The zero-order valence-electron chi connectivity index (χ0n) is 13.2. The van der Waals surface area contributed by atoms with Crippen LogP contribution in [-0.2, 0) is 11.3 Å². The Kier molecular flexibility index (Phi) is 3.37. The summed E-state index contributed by atoms with van der Waals surface area (Å²) in [5.74, 6) is 1.25. The maximum atomic E-state index is 11.1. The van der Waals surface area contributed by atoms with Crippen molar-refractivity contribution >= 4 is 17.0 Å². The van der Waals surface area contributed by atoms with Crippen molar-refractivity contribution in [2.24, 2.45) is 0 Å². The van der Waals surface area contributed by atoms with Crippen LogP contribution in [0.2, 0.25) is 0 Å². The van der Waals surface area contributed by atoms with Gasteiger partial charge in [-0.2, -0.15) is 0 Å². The van der Waals surface area contributed by atoms with Crippen LogP contribution >= 0.6 is 0 Å². The van der Waals surface area contributed by atoms with E-state index in [1.54, 1.807) is 0 Å². The van der Waals surface area contributed by atoms with Crippen LogP contribution in [0.5, 0.6) is 11.5 Å². The van der Waals surface area contributed by atoms with Gasteiger partial charge in [0.15, 0.2) is 11.5 Å². The molecule has 0 atom stereocenters. The number of aryl methyl sites for hydroxylation is 2. The van der Waals surface area contributed by atoms with Crippen molar-refractivity contribution in [3.63, 3.8) is 0 Å². The molecule has 0 fully saturated rings. The van der Waals surface area contributed by atoms with Crippen LogP contribution in [0, 0.1) is 6.92 Å². The van der Waals surface area contributed by atoms with E-state index >= 15 is 0 Å². The highest BCUT2D eigenvalue weighted by Gasteiger charge is 2.20. The summed E-state index contributed by atoms with van der Waals surface area (Å²) in [4.78, 5) is 15.8. The van der Waals surface area contributed by atoms with E-state index in [2.05, 4.69) is 0 Å². The molecule has 4 rings (SSSR count). The Bertz CT molecular complexity index is 946. The third-order valence-corrected chi connectivity index (χ3v) is 4.18. The van der Waals surface area contributed by atoms with Gasteiger partial charge in [0, 0.05) is 24.2 Å². The fourth-order valence-corrected chi connectivity index (χ4v) is 2.98. The molecule has 1 aliphatic heterocycles. The Hall–Kier alpha value is -3.02. The van der Waals surface area contributed by atoms with Gasteiger partial charge >= 0.3 is 5.97 Å². The second-order valence-electron chi connectivity index (χ2n) is 5.74. The molecule has 1 aromatic heterocycles. The molecule has 6 heteroatoms. The van der Waals surface area contributed by atoms with E-state index in [4.69, 9.17) is 19.6 Å². The number of carboxylic acid groups (broad SMARTS) is 1. The third-order valence-electron chi connectivity index (χ3n) is 4.18. The first-order valence-corrected chi connectivity index (χ1v) is 7.71. The number of carbonyl (C=O) groups is 1. The monoisotopic (exact) mass is 324 g/mol. The molecule has 122 valence electrons. The molecule has 0 bridgehead atoms. The number of ether oxygens (including phenoxy) is 2. The summed E-state index contributed by atoms with van der Waals surface area (Å²) in [5, 5.41) is 9.08. The van der Waals surface area contributed by atoms with Crippen LogP contribution in [0.1, 0.15) is 12.0 Å². The number of benzene rings is 2. The lowest BCUT2D eigenvalue weighted by atomic mass is 10.1. The lowest BCUT2D eigenvalue weighted by Crippen LogP contribution is -2.06. The number of nitrogens with zero attached hydrogens (tertiary/aromatic N) is 2. The number of aromatic nitrogens is 2. The SMILES string of the molecule is Cc1ccccc1-c1nc2cc3c(cc2n1CCC(=O)O)OCO3. The second kappa shape index (κ2) is 5.56. The van der Waals surface area contributed by atoms with E-state index in [0.717, 1.165) is 28.0 Å². The van der Waals surface area contributed by atoms with Crippen LogP contribution in [0.15, 0.2) is 36.4 Å². The molecule has 0 spiro atoms. The third kappa shape index (κ3) is 2.36. The largest absolute Gasteiger partial charge is 0.481 e. The van der Waals surface area contributed by atoms with Gasteiger partial charge in [-0.25, -0.2) is 4.98 Å². The molecule has 0 saturated heterocycles. The fourth-order valence-electron chi connectivity index (χ4n) is 2.98. The van der Waals surface area contributed by atoms with Crippen LogP contribution in [-0.4, -0.2) is 27.4 Å². The first kappa shape index (κ1) is 14.6. The Morgan fingerprint density at radius 1 is 1.25 bits per heavy atom. The quantitative estimate of drug-likeness (QED) is 0.797. The summed E-state index contributed by atoms with van der Waals surface area (Å²) < 4.78 is 12.8. The molecule has 0 amide bonds. The molecule has 0 unspecified atom stereocenters. The minimum atomic E-state index is -0.840. The van der Waals surface area contributed by atoms with Crippen molar-refractivity contribution < 1.29 is 19.4 Å². The maximum absolute atomic E-state index is 11.1. The van der Waals surface area contributed by atoms with Crippen molar-refractivity contribution in [1.82, 2.24) is 9.55 Å². The molecule has 1 N–H and O–H groups in total. The fraction of sp³-hybridized carbons (Fsp3) is 0.222. The van der Waals surface area contributed by atoms with E-state index in [1.165, 1.54) is 0 Å². The average Bonchev–Trinajstić information content (AvgIpc) is 3.14. The Morgan fingerprint density at radius 3 is 2.75 bits per heavy atom. The normalized spacial score (nSPS) is 12.7. The molecule has 1 aliphatic rings. The second-order valence-corrected chi connectivity index (χ2v) is 5.74. The lowest BCUT2D eigenvalue weighted by Gasteiger charge is -2.10. The summed E-state index contributed by atoms with van der Waals surface area (Å²) in [7, 11) is 0. The highest BCUT2D eigenvalue weighted by molar-refractivity contribution is 5.85. The molecular weight excluding hydrogens is 308 g/mol. The van der Waals surface area contributed by atoms with Crippen molar-refractivity contribution in [3.05, 3.63) is 42.0 Å². The number of aliphatic carboxylic acids is 1. The maximum Gasteiger partial charge on any atom is 0.305 e. The van der Waals surface area contributed by atoms with Crippen LogP contribution < -0.4 is 9.47 Å². The smallest absolute Gasteiger partial charge is 0.305 e. The van der Waals surface area contributed by atoms with Gasteiger partial charge in [-0.1, -0.05) is 24.3 Å². The predicted octanol–water partition coefficient (Wildman–Crippen LogP) is 3.22. The minimum absolute atomic E-state index is 0.0266. The first-order chi connectivity index (χ1) is 11.6. The summed E-state index contributed by atoms with van der Waals surface area (Å²) in [6.07, 6.45) is 0.0266.